The third-order valence-corrected chi connectivity index (χ3v) is 2.17. The van der Waals surface area contributed by atoms with E-state index in [1.54, 1.807) is 37.3 Å². The maximum atomic E-state index is 13.3. The molecule has 0 saturated heterocycles. The number of nitrogens with zero attached hydrogens (tertiary/aromatic N) is 1. The molecule has 0 heterocycles. The number of hydrogen-bond donors (Lipinski definition) is 2. The van der Waals surface area contributed by atoms with Crippen LogP contribution in [0.2, 0.25) is 0 Å². The summed E-state index contributed by atoms with van der Waals surface area (Å²) >= 11 is 0. The lowest BCUT2D eigenvalue weighted by atomic mass is 10.3. The highest BCUT2D eigenvalue weighted by atomic mass is 19.1. The topological polar surface area (TPSA) is 59.6 Å². The van der Waals surface area contributed by atoms with Crippen LogP contribution in [0.1, 0.15) is 13.8 Å². The van der Waals surface area contributed by atoms with Crippen LogP contribution < -0.4 is 11.3 Å². The van der Waals surface area contributed by atoms with Gasteiger partial charge in [0.25, 0.3) is 0 Å². The van der Waals surface area contributed by atoms with Crippen molar-refractivity contribution in [2.75, 3.05) is 0 Å². The van der Waals surface area contributed by atoms with E-state index in [2.05, 4.69) is 10.4 Å². The summed E-state index contributed by atoms with van der Waals surface area (Å²) in [6.07, 6.45) is 12.3. The number of nitrogens with two attached hydrogens (primary N) is 1. The van der Waals surface area contributed by atoms with Gasteiger partial charge in [-0.15, -0.1) is 0 Å². The van der Waals surface area contributed by atoms with Gasteiger partial charge in [-0.25, -0.2) is 9.38 Å². The third kappa shape index (κ3) is 5.83. The van der Waals surface area contributed by atoms with Crippen molar-refractivity contribution in [1.82, 2.24) is 5.43 Å². The van der Waals surface area contributed by atoms with Gasteiger partial charge in [-0.05, 0) is 38.2 Å². The Kier molecular flexibility index (Phi) is 6.32. The summed E-state index contributed by atoms with van der Waals surface area (Å²) in [5.41, 5.74) is 3.15. The molecule has 0 saturated carbocycles. The van der Waals surface area contributed by atoms with Crippen molar-refractivity contribution >= 4 is 5.90 Å². The molecular weight excluding hydrogens is 245 g/mol. The lowest BCUT2D eigenvalue weighted by Gasteiger charge is -2.11. The molecule has 5 heteroatoms. The smallest absolute Gasteiger partial charge is 0.213 e. The summed E-state index contributed by atoms with van der Waals surface area (Å²) in [4.78, 5) is 4.13. The quantitative estimate of drug-likeness (QED) is 0.355. The van der Waals surface area contributed by atoms with Gasteiger partial charge in [0.05, 0.1) is 6.20 Å². The Bertz CT molecular complexity index is 473. The minimum atomic E-state index is -0.496. The Labute approximate surface area is 112 Å². The van der Waals surface area contributed by atoms with E-state index >= 15 is 0 Å². The molecule has 0 aromatic rings. The normalized spacial score (nSPS) is 20.4. The molecule has 0 aromatic heterocycles. The van der Waals surface area contributed by atoms with Crippen molar-refractivity contribution in [3.05, 3.63) is 60.3 Å². The average Bonchev–Trinajstić information content (AvgIpc) is 2.60. The number of aliphatic imine (C=N–C) groups is 1. The van der Waals surface area contributed by atoms with Crippen molar-refractivity contribution in [3.8, 4) is 0 Å². The highest BCUT2D eigenvalue weighted by Gasteiger charge is 2.07. The Morgan fingerprint density at radius 1 is 1.53 bits per heavy atom. The standard InChI is InChI=1S/C14H18FN3O/c1-3-6-14(17-10-11(2)18-16)19-13-8-5-4-7-12(15)9-13/h3-10,13,18H,16H2,1-2H3/b6-3+,11-10+,17-14+. The van der Waals surface area contributed by atoms with Gasteiger partial charge in [-0.3, -0.25) is 5.84 Å². The number of hydrogen-bond acceptors (Lipinski definition) is 4. The molecule has 1 unspecified atom stereocenters. The fourth-order valence-electron chi connectivity index (χ4n) is 1.25. The Balaban J connectivity index is 2.82. The molecule has 0 radical (unpaired) electrons. The molecule has 3 N–H and O–H groups in total. The van der Waals surface area contributed by atoms with Gasteiger partial charge in [0.1, 0.15) is 11.9 Å². The first-order valence-electron chi connectivity index (χ1n) is 5.88. The van der Waals surface area contributed by atoms with Gasteiger partial charge < -0.3 is 10.2 Å². The van der Waals surface area contributed by atoms with Crippen LogP contribution in [0.5, 0.6) is 0 Å². The minimum Gasteiger partial charge on any atom is -0.466 e. The van der Waals surface area contributed by atoms with Crippen LogP contribution in [-0.4, -0.2) is 12.0 Å². The molecule has 1 atom stereocenters. The molecule has 0 spiro atoms. The first-order chi connectivity index (χ1) is 9.15. The average molecular weight is 263 g/mol. The predicted molar refractivity (Wildman–Crippen MR) is 75.7 cm³/mol. The second-order valence-corrected chi connectivity index (χ2v) is 3.80. The van der Waals surface area contributed by atoms with Crippen molar-refractivity contribution in [1.29, 1.82) is 0 Å². The van der Waals surface area contributed by atoms with Crippen molar-refractivity contribution < 1.29 is 9.13 Å². The summed E-state index contributed by atoms with van der Waals surface area (Å²) in [6.45, 7) is 3.61. The maximum Gasteiger partial charge on any atom is 0.213 e. The number of allylic oxidation sites excluding steroid dienone is 6. The van der Waals surface area contributed by atoms with Crippen LogP contribution in [0, 0.1) is 0 Å². The van der Waals surface area contributed by atoms with Crippen LogP contribution in [0.4, 0.5) is 4.39 Å². The van der Waals surface area contributed by atoms with Gasteiger partial charge in [-0.1, -0.05) is 18.2 Å². The largest absolute Gasteiger partial charge is 0.466 e. The Morgan fingerprint density at radius 3 is 3.00 bits per heavy atom. The number of ether oxygens (including phenoxy) is 1. The zero-order valence-corrected chi connectivity index (χ0v) is 11.0. The summed E-state index contributed by atoms with van der Waals surface area (Å²) in [7, 11) is 0. The van der Waals surface area contributed by atoms with Crippen LogP contribution in [0.25, 0.3) is 0 Å². The van der Waals surface area contributed by atoms with Crippen LogP contribution >= 0.6 is 0 Å². The van der Waals surface area contributed by atoms with E-state index < -0.39 is 6.10 Å². The van der Waals surface area contributed by atoms with Crippen LogP contribution in [-0.2, 0) is 4.74 Å². The number of rotatable bonds is 4. The molecule has 102 valence electrons. The molecule has 1 aliphatic rings. The van der Waals surface area contributed by atoms with E-state index in [4.69, 9.17) is 10.6 Å². The second kappa shape index (κ2) is 8.05. The van der Waals surface area contributed by atoms with Crippen molar-refractivity contribution in [3.63, 3.8) is 0 Å². The number of hydrazine groups is 1. The Hall–Kier alpha value is -2.14. The fraction of sp³-hybridized carbons (Fsp3) is 0.214. The van der Waals surface area contributed by atoms with Gasteiger partial charge >= 0.3 is 0 Å². The summed E-state index contributed by atoms with van der Waals surface area (Å²) in [6, 6.07) is 0. The van der Waals surface area contributed by atoms with E-state index in [1.807, 2.05) is 6.92 Å². The molecule has 4 nitrogen and oxygen atoms in total. The molecular formula is C14H18FN3O. The highest BCUT2D eigenvalue weighted by molar-refractivity contribution is 5.88. The molecule has 0 bridgehead atoms. The summed E-state index contributed by atoms with van der Waals surface area (Å²) in [5, 5.41) is 0. The van der Waals surface area contributed by atoms with E-state index in [1.165, 1.54) is 18.4 Å². The third-order valence-electron chi connectivity index (χ3n) is 2.17. The molecule has 0 aliphatic heterocycles. The first-order valence-corrected chi connectivity index (χ1v) is 5.88. The highest BCUT2D eigenvalue weighted by Crippen LogP contribution is 2.10. The summed E-state index contributed by atoms with van der Waals surface area (Å²) in [5.74, 6) is 5.26. The monoisotopic (exact) mass is 263 g/mol. The Morgan fingerprint density at radius 2 is 2.32 bits per heavy atom. The minimum absolute atomic E-state index is 0.342. The molecule has 19 heavy (non-hydrogen) atoms. The van der Waals surface area contributed by atoms with Crippen molar-refractivity contribution in [2.24, 2.45) is 10.8 Å². The van der Waals surface area contributed by atoms with E-state index in [9.17, 15) is 4.39 Å². The van der Waals surface area contributed by atoms with Gasteiger partial charge in [0.2, 0.25) is 5.90 Å². The lowest BCUT2D eigenvalue weighted by molar-refractivity contribution is 0.282. The number of halogens is 1. The molecule has 0 amide bonds. The van der Waals surface area contributed by atoms with Crippen LogP contribution in [0.3, 0.4) is 0 Å². The maximum absolute atomic E-state index is 13.3. The predicted octanol–water partition coefficient (Wildman–Crippen LogP) is 2.65. The molecule has 0 fully saturated rings. The lowest BCUT2D eigenvalue weighted by Crippen LogP contribution is -2.19. The van der Waals surface area contributed by atoms with E-state index in [-0.39, 0.29) is 5.83 Å². The first kappa shape index (κ1) is 14.9. The van der Waals surface area contributed by atoms with Crippen LogP contribution in [0.15, 0.2) is 65.2 Å². The summed E-state index contributed by atoms with van der Waals surface area (Å²) < 4.78 is 18.8. The molecule has 0 aromatic carbocycles. The zero-order chi connectivity index (χ0) is 14.1. The molecule has 1 aliphatic carbocycles. The van der Waals surface area contributed by atoms with E-state index in [0.717, 1.165) is 0 Å². The van der Waals surface area contributed by atoms with E-state index in [0.29, 0.717) is 11.6 Å². The fourth-order valence-corrected chi connectivity index (χ4v) is 1.25. The number of nitrogens with one attached hydrogen (secondary N) is 1. The van der Waals surface area contributed by atoms with Gasteiger partial charge in [0.15, 0.2) is 0 Å². The molecule has 1 rings (SSSR count). The van der Waals surface area contributed by atoms with Gasteiger partial charge in [0, 0.05) is 5.70 Å². The zero-order valence-electron chi connectivity index (χ0n) is 11.0. The second-order valence-electron chi connectivity index (χ2n) is 3.80. The SMILES string of the molecule is C/C=C/C(=N\C=C(/C)NN)OC1C=CC=CC(F)=C1. The van der Waals surface area contributed by atoms with Gasteiger partial charge in [-0.2, -0.15) is 0 Å². The van der Waals surface area contributed by atoms with Crippen molar-refractivity contribution in [2.45, 2.75) is 20.0 Å².